The SMILES string of the molecule is CC(C)C1=C2[C@H]3CC[C@@H]4[C@@]5(C)CC[C@H](OC(=O)CC(C)(C)C(=O)O)C(C)(C)[C@@H]5CC[C@@]4(C)[C@]3(C)CC[C@@]2([C@H](O)CN(C)Cc2ccc(Cl)cc2)CC1=O. The average Bonchev–Trinajstić information content (AvgIpc) is 3.37. The fourth-order valence-electron chi connectivity index (χ4n) is 13.3. The minimum atomic E-state index is -1.17. The summed E-state index contributed by atoms with van der Waals surface area (Å²) in [6.07, 6.45) is 7.21. The van der Waals surface area contributed by atoms with Crippen molar-refractivity contribution in [2.45, 2.75) is 145 Å². The summed E-state index contributed by atoms with van der Waals surface area (Å²) in [5.41, 5.74) is 1.60. The third-order valence-electron chi connectivity index (χ3n) is 16.4. The summed E-state index contributed by atoms with van der Waals surface area (Å²) in [7, 11) is 2.06. The number of aliphatic carboxylic acids is 1. The highest BCUT2D eigenvalue weighted by Gasteiger charge is 2.70. The molecule has 2 N–H and O–H groups in total. The molecule has 0 radical (unpaired) electrons. The Balaban J connectivity index is 1.27. The molecule has 0 aliphatic heterocycles. The maximum Gasteiger partial charge on any atom is 0.309 e. The van der Waals surface area contributed by atoms with Crippen molar-refractivity contribution in [3.8, 4) is 0 Å². The lowest BCUT2D eigenvalue weighted by Crippen LogP contribution is -2.66. The second-order valence-corrected chi connectivity index (χ2v) is 20.8. The first kappa shape index (κ1) is 40.4. The van der Waals surface area contributed by atoms with Crippen LogP contribution in [0, 0.1) is 56.2 Å². The summed E-state index contributed by atoms with van der Waals surface area (Å²) in [4.78, 5) is 41.2. The van der Waals surface area contributed by atoms with Crippen molar-refractivity contribution >= 4 is 29.3 Å². The number of esters is 1. The molecule has 0 heterocycles. The zero-order valence-corrected chi connectivity index (χ0v) is 34.9. The van der Waals surface area contributed by atoms with Gasteiger partial charge in [-0.3, -0.25) is 19.3 Å². The highest BCUT2D eigenvalue weighted by Crippen LogP contribution is 2.77. The van der Waals surface area contributed by atoms with Crippen LogP contribution in [-0.4, -0.2) is 58.6 Å². The number of carboxylic acids is 1. The minimum absolute atomic E-state index is 0.0156. The number of halogens is 1. The predicted molar refractivity (Wildman–Crippen MR) is 209 cm³/mol. The van der Waals surface area contributed by atoms with Gasteiger partial charge in [-0.05, 0) is 135 Å². The van der Waals surface area contributed by atoms with Crippen LogP contribution in [0.4, 0.5) is 0 Å². The van der Waals surface area contributed by atoms with Gasteiger partial charge in [0.05, 0.1) is 17.9 Å². The number of carbonyl (C=O) groups is 3. The zero-order chi connectivity index (χ0) is 39.1. The topological polar surface area (TPSA) is 104 Å². The van der Waals surface area contributed by atoms with Crippen molar-refractivity contribution in [2.24, 2.45) is 56.2 Å². The number of aliphatic hydroxyl groups excluding tert-OH is 1. The van der Waals surface area contributed by atoms with E-state index in [1.807, 2.05) is 24.3 Å². The molecular formula is C45H66ClNO6. The van der Waals surface area contributed by atoms with Gasteiger partial charge in [0.2, 0.25) is 0 Å². The molecule has 1 aromatic carbocycles. The maximum absolute atomic E-state index is 14.1. The van der Waals surface area contributed by atoms with Crippen molar-refractivity contribution in [3.05, 3.63) is 46.0 Å². The molecule has 1 aromatic rings. The van der Waals surface area contributed by atoms with Crippen molar-refractivity contribution in [2.75, 3.05) is 13.6 Å². The second-order valence-electron chi connectivity index (χ2n) is 20.4. The maximum atomic E-state index is 14.1. The van der Waals surface area contributed by atoms with Gasteiger partial charge in [0.15, 0.2) is 5.78 Å². The molecule has 0 bridgehead atoms. The average molecular weight is 752 g/mol. The molecule has 5 aliphatic rings. The van der Waals surface area contributed by atoms with E-state index in [1.54, 1.807) is 13.8 Å². The van der Waals surface area contributed by atoms with Crippen molar-refractivity contribution in [1.82, 2.24) is 4.90 Å². The number of fused-ring (bicyclic) bond motifs is 7. The monoisotopic (exact) mass is 751 g/mol. The molecular weight excluding hydrogens is 686 g/mol. The Morgan fingerprint density at radius 3 is 2.23 bits per heavy atom. The van der Waals surface area contributed by atoms with Crippen LogP contribution in [0.15, 0.2) is 35.4 Å². The summed E-state index contributed by atoms with van der Waals surface area (Å²) in [6, 6.07) is 7.89. The summed E-state index contributed by atoms with van der Waals surface area (Å²) in [5.74, 6) is 0.0429. The molecule has 0 amide bonds. The van der Waals surface area contributed by atoms with E-state index < -0.39 is 28.9 Å². The Morgan fingerprint density at radius 2 is 1.60 bits per heavy atom. The van der Waals surface area contributed by atoms with Gasteiger partial charge < -0.3 is 14.9 Å². The standard InChI is InChI=1S/C45H66ClNO6/c1-27(2)37-31(48)23-45(34(49)26-47(10)25-28-11-13-29(46)14-12-28)22-21-43(8)30(38(37)45)15-16-33-42(7)19-18-35(53-36(50)24-40(3,4)39(51)52)41(5,6)32(42)17-20-44(33,43)9/h11-14,27,30,32-35,49H,15-26H2,1-10H3,(H,51,52)/t30-,32+,33-,34-,35+,42+,43-,44-,45+/m1/s1. The van der Waals surface area contributed by atoms with E-state index in [2.05, 4.69) is 60.4 Å². The first-order valence-corrected chi connectivity index (χ1v) is 20.7. The van der Waals surface area contributed by atoms with Crippen molar-refractivity contribution in [1.29, 1.82) is 0 Å². The number of aliphatic hydroxyl groups is 1. The predicted octanol–water partition coefficient (Wildman–Crippen LogP) is 9.53. The molecule has 9 atom stereocenters. The van der Waals surface area contributed by atoms with Gasteiger partial charge in [0.25, 0.3) is 0 Å². The Kier molecular flexibility index (Phi) is 10.5. The smallest absolute Gasteiger partial charge is 0.309 e. The molecule has 6 rings (SSSR count). The van der Waals surface area contributed by atoms with Crippen LogP contribution in [0.25, 0.3) is 0 Å². The first-order chi connectivity index (χ1) is 24.5. The van der Waals surface area contributed by atoms with Gasteiger partial charge in [0, 0.05) is 35.4 Å². The van der Waals surface area contributed by atoms with Crippen LogP contribution >= 0.6 is 11.6 Å². The molecule has 0 unspecified atom stereocenters. The number of allylic oxidation sites excluding steroid dienone is 1. The third kappa shape index (κ3) is 6.45. The number of benzene rings is 1. The number of rotatable bonds is 10. The molecule has 7 nitrogen and oxygen atoms in total. The van der Waals surface area contributed by atoms with Crippen LogP contribution in [0.2, 0.25) is 5.02 Å². The first-order valence-electron chi connectivity index (χ1n) is 20.4. The summed E-state index contributed by atoms with van der Waals surface area (Å²) in [5, 5.41) is 22.7. The number of nitrogens with zero attached hydrogens (tertiary/aromatic N) is 1. The van der Waals surface area contributed by atoms with Crippen LogP contribution in [0.1, 0.15) is 132 Å². The Bertz CT molecular complexity index is 1650. The molecule has 0 saturated heterocycles. The summed E-state index contributed by atoms with van der Waals surface area (Å²) < 4.78 is 6.17. The Labute approximate surface area is 323 Å². The van der Waals surface area contributed by atoms with Gasteiger partial charge in [-0.15, -0.1) is 0 Å². The molecule has 0 spiro atoms. The number of ketones is 1. The number of ether oxygens (including phenoxy) is 1. The van der Waals surface area contributed by atoms with E-state index in [0.717, 1.165) is 62.5 Å². The van der Waals surface area contributed by atoms with Gasteiger partial charge >= 0.3 is 11.9 Å². The van der Waals surface area contributed by atoms with Crippen LogP contribution in [-0.2, 0) is 25.7 Å². The van der Waals surface area contributed by atoms with Crippen molar-refractivity contribution < 1.29 is 29.3 Å². The van der Waals surface area contributed by atoms with E-state index in [9.17, 15) is 24.6 Å². The Morgan fingerprint density at radius 1 is 0.943 bits per heavy atom. The van der Waals surface area contributed by atoms with Gasteiger partial charge in [-0.1, -0.05) is 77.8 Å². The lowest BCUT2D eigenvalue weighted by Gasteiger charge is -2.72. The zero-order valence-electron chi connectivity index (χ0n) is 34.1. The number of carboxylic acid groups (broad SMARTS) is 1. The lowest BCUT2D eigenvalue weighted by molar-refractivity contribution is -0.235. The second kappa shape index (κ2) is 13.8. The van der Waals surface area contributed by atoms with E-state index in [4.69, 9.17) is 16.3 Å². The van der Waals surface area contributed by atoms with Crippen LogP contribution in [0.5, 0.6) is 0 Å². The van der Waals surface area contributed by atoms with E-state index in [0.29, 0.717) is 36.4 Å². The number of likely N-dealkylation sites (N-methyl/N-ethyl adjacent to an activating group) is 1. The number of carbonyl (C=O) groups excluding carboxylic acids is 2. The molecule has 8 heteroatoms. The fourth-order valence-corrected chi connectivity index (χ4v) is 13.5. The molecule has 4 saturated carbocycles. The summed E-state index contributed by atoms with van der Waals surface area (Å²) in [6.45, 7) is 20.9. The quantitative estimate of drug-likeness (QED) is 0.230. The number of hydrogen-bond acceptors (Lipinski definition) is 6. The lowest BCUT2D eigenvalue weighted by atomic mass is 9.33. The molecule has 5 aliphatic carbocycles. The highest BCUT2D eigenvalue weighted by atomic mass is 35.5. The molecule has 294 valence electrons. The largest absolute Gasteiger partial charge is 0.481 e. The molecule has 0 aromatic heterocycles. The number of hydrogen-bond donors (Lipinski definition) is 2. The van der Waals surface area contributed by atoms with E-state index >= 15 is 0 Å². The van der Waals surface area contributed by atoms with Crippen LogP contribution < -0.4 is 0 Å². The molecule has 53 heavy (non-hydrogen) atoms. The Hall–Kier alpha value is -2.22. The number of Topliss-reactive ketones (excluding diaryl/α,β-unsaturated/α-hetero) is 1. The third-order valence-corrected chi connectivity index (χ3v) is 16.6. The highest BCUT2D eigenvalue weighted by molar-refractivity contribution is 6.30. The molecule has 4 fully saturated rings. The summed E-state index contributed by atoms with van der Waals surface area (Å²) >= 11 is 6.15. The van der Waals surface area contributed by atoms with E-state index in [1.165, 1.54) is 5.57 Å². The fraction of sp³-hybridized carbons (Fsp3) is 0.756. The van der Waals surface area contributed by atoms with E-state index in [-0.39, 0.29) is 51.8 Å². The van der Waals surface area contributed by atoms with Gasteiger partial charge in [-0.25, -0.2) is 0 Å². The van der Waals surface area contributed by atoms with Gasteiger partial charge in [0.1, 0.15) is 6.10 Å². The van der Waals surface area contributed by atoms with Crippen LogP contribution in [0.3, 0.4) is 0 Å². The van der Waals surface area contributed by atoms with Crippen molar-refractivity contribution in [3.63, 3.8) is 0 Å². The minimum Gasteiger partial charge on any atom is -0.481 e. The van der Waals surface area contributed by atoms with Gasteiger partial charge in [-0.2, -0.15) is 0 Å². The normalized spacial score (nSPS) is 37.1.